The molecule has 43 heavy (non-hydrogen) atoms. The second-order valence-corrected chi connectivity index (χ2v) is 10.6. The summed E-state index contributed by atoms with van der Waals surface area (Å²) in [6.07, 6.45) is 4.32. The van der Waals surface area contributed by atoms with Crippen LogP contribution in [0.2, 0.25) is 0 Å². The minimum absolute atomic E-state index is 0.0694. The van der Waals surface area contributed by atoms with E-state index in [4.69, 9.17) is 14.2 Å². The Balaban J connectivity index is 1.25. The Labute approximate surface area is 249 Å². The normalized spacial score (nSPS) is 19.9. The highest BCUT2D eigenvalue weighted by Crippen LogP contribution is 2.39. The van der Waals surface area contributed by atoms with E-state index in [-0.39, 0.29) is 23.7 Å². The molecule has 4 unspecified atom stereocenters. The van der Waals surface area contributed by atoms with Gasteiger partial charge in [0.15, 0.2) is 12.4 Å². The smallest absolute Gasteiger partial charge is 0.343 e. The van der Waals surface area contributed by atoms with Gasteiger partial charge in [0.05, 0.1) is 24.5 Å². The maximum absolute atomic E-state index is 13.4. The first-order valence-corrected chi connectivity index (χ1v) is 14.0. The number of hydrogen-bond donors (Lipinski definition) is 0. The van der Waals surface area contributed by atoms with Crippen LogP contribution in [0.3, 0.4) is 0 Å². The topological polar surface area (TPSA) is 116 Å². The van der Waals surface area contributed by atoms with E-state index in [0.717, 1.165) is 10.5 Å². The fourth-order valence-corrected chi connectivity index (χ4v) is 5.54. The molecular weight excluding hydrogens is 550 g/mol. The van der Waals surface area contributed by atoms with E-state index in [1.54, 1.807) is 48.5 Å². The number of amides is 2. The number of hydrogen-bond acceptors (Lipinski definition) is 8. The maximum atomic E-state index is 13.4. The zero-order valence-electron chi connectivity index (χ0n) is 23.8. The van der Waals surface area contributed by atoms with Gasteiger partial charge in [-0.15, -0.1) is 0 Å². The van der Waals surface area contributed by atoms with Gasteiger partial charge in [0.2, 0.25) is 11.8 Å². The van der Waals surface area contributed by atoms with Crippen molar-refractivity contribution in [2.45, 2.75) is 25.8 Å². The number of carbonyl (C=O) groups is 5. The Kier molecular flexibility index (Phi) is 8.80. The third-order valence-electron chi connectivity index (χ3n) is 7.80. The predicted molar refractivity (Wildman–Crippen MR) is 155 cm³/mol. The van der Waals surface area contributed by atoms with Crippen LogP contribution in [0.25, 0.3) is 0 Å². The third kappa shape index (κ3) is 6.40. The summed E-state index contributed by atoms with van der Waals surface area (Å²) < 4.78 is 15.9. The molecule has 1 saturated heterocycles. The number of imide groups is 1. The SMILES string of the molecule is COc1cccc(C(=O)Oc2ccc(C(=O)COC(=O)C(Cc3ccccc3)N3C(=O)C4CC=CC(C)C4C3=O)cc2)c1. The number of carbonyl (C=O) groups excluding carboxylic acids is 5. The minimum Gasteiger partial charge on any atom is -0.497 e. The Bertz CT molecular complexity index is 1560. The highest BCUT2D eigenvalue weighted by atomic mass is 16.5. The number of nitrogens with zero attached hydrogens (tertiary/aromatic N) is 1. The molecule has 2 aliphatic rings. The van der Waals surface area contributed by atoms with E-state index in [2.05, 4.69) is 0 Å². The van der Waals surface area contributed by atoms with Crippen molar-refractivity contribution in [2.75, 3.05) is 13.7 Å². The molecule has 1 heterocycles. The van der Waals surface area contributed by atoms with Crippen molar-refractivity contribution in [1.82, 2.24) is 4.90 Å². The summed E-state index contributed by atoms with van der Waals surface area (Å²) in [5.41, 5.74) is 1.28. The van der Waals surface area contributed by atoms with Crippen LogP contribution in [0, 0.1) is 17.8 Å². The van der Waals surface area contributed by atoms with Crippen molar-refractivity contribution in [3.63, 3.8) is 0 Å². The molecule has 0 spiro atoms. The van der Waals surface area contributed by atoms with Crippen molar-refractivity contribution >= 4 is 29.5 Å². The van der Waals surface area contributed by atoms with Crippen LogP contribution in [0.5, 0.6) is 11.5 Å². The van der Waals surface area contributed by atoms with Crippen molar-refractivity contribution in [2.24, 2.45) is 17.8 Å². The fraction of sp³-hybridized carbons (Fsp3) is 0.265. The van der Waals surface area contributed by atoms with Crippen molar-refractivity contribution < 1.29 is 38.2 Å². The predicted octanol–water partition coefficient (Wildman–Crippen LogP) is 4.45. The highest BCUT2D eigenvalue weighted by Gasteiger charge is 2.53. The van der Waals surface area contributed by atoms with E-state index >= 15 is 0 Å². The van der Waals surface area contributed by atoms with Gasteiger partial charge in [-0.1, -0.05) is 55.5 Å². The lowest BCUT2D eigenvalue weighted by molar-refractivity contribution is -0.158. The second kappa shape index (κ2) is 12.9. The van der Waals surface area contributed by atoms with Crippen LogP contribution < -0.4 is 9.47 Å². The van der Waals surface area contributed by atoms with Gasteiger partial charge >= 0.3 is 11.9 Å². The van der Waals surface area contributed by atoms with Crippen molar-refractivity contribution in [3.05, 3.63) is 108 Å². The third-order valence-corrected chi connectivity index (χ3v) is 7.80. The number of ether oxygens (including phenoxy) is 3. The van der Waals surface area contributed by atoms with Gasteiger partial charge in [-0.25, -0.2) is 9.59 Å². The van der Waals surface area contributed by atoms with Crippen LogP contribution >= 0.6 is 0 Å². The Morgan fingerprint density at radius 3 is 2.33 bits per heavy atom. The minimum atomic E-state index is -1.20. The fourth-order valence-electron chi connectivity index (χ4n) is 5.54. The number of esters is 2. The zero-order valence-corrected chi connectivity index (χ0v) is 23.8. The van der Waals surface area contributed by atoms with Gasteiger partial charge in [0.1, 0.15) is 17.5 Å². The first-order chi connectivity index (χ1) is 20.8. The molecule has 1 aliphatic carbocycles. The molecule has 1 aliphatic heterocycles. The van der Waals surface area contributed by atoms with Gasteiger partial charge in [0.25, 0.3) is 0 Å². The Hall–Kier alpha value is -5.05. The molecule has 3 aromatic rings. The van der Waals surface area contributed by atoms with Gasteiger partial charge < -0.3 is 14.2 Å². The molecular formula is C34H31NO8. The molecule has 3 aromatic carbocycles. The number of methoxy groups -OCH3 is 1. The van der Waals surface area contributed by atoms with Crippen molar-refractivity contribution in [1.29, 1.82) is 0 Å². The summed E-state index contributed by atoms with van der Waals surface area (Å²) in [7, 11) is 1.50. The average molecular weight is 582 g/mol. The largest absolute Gasteiger partial charge is 0.497 e. The Morgan fingerprint density at radius 2 is 1.63 bits per heavy atom. The number of benzene rings is 3. The molecule has 2 amide bonds. The van der Waals surface area contributed by atoms with E-state index in [1.807, 2.05) is 25.1 Å². The lowest BCUT2D eigenvalue weighted by Crippen LogP contribution is -2.48. The number of Topliss-reactive ketones (excluding diaryl/α,β-unsaturated/α-hetero) is 1. The van der Waals surface area contributed by atoms with Gasteiger partial charge in [-0.2, -0.15) is 0 Å². The monoisotopic (exact) mass is 581 g/mol. The molecule has 9 nitrogen and oxygen atoms in total. The van der Waals surface area contributed by atoms with Crippen molar-refractivity contribution in [3.8, 4) is 11.5 Å². The standard InChI is InChI=1S/C34H31NO8/c1-21-8-6-13-27-30(21)32(38)35(31(27)37)28(18-22-9-4-3-5-10-22)34(40)42-20-29(36)23-14-16-25(17-15-23)43-33(39)24-11-7-12-26(19-24)41-2/h3-12,14-17,19,21,27-28,30H,13,18,20H2,1-2H3. The van der Waals surface area contributed by atoms with Gasteiger partial charge in [-0.05, 0) is 60.4 Å². The highest BCUT2D eigenvalue weighted by molar-refractivity contribution is 6.08. The van der Waals surface area contributed by atoms with Crippen LogP contribution in [-0.2, 0) is 25.5 Å². The second-order valence-electron chi connectivity index (χ2n) is 10.6. The van der Waals surface area contributed by atoms with E-state index in [9.17, 15) is 24.0 Å². The van der Waals surface area contributed by atoms with E-state index < -0.39 is 54.0 Å². The van der Waals surface area contributed by atoms with Crippen LogP contribution in [0.15, 0.2) is 91.0 Å². The molecule has 0 saturated carbocycles. The lowest BCUT2D eigenvalue weighted by atomic mass is 9.78. The molecule has 4 atom stereocenters. The summed E-state index contributed by atoms with van der Waals surface area (Å²) in [5.74, 6) is -3.15. The van der Waals surface area contributed by atoms with E-state index in [1.165, 1.54) is 31.4 Å². The number of rotatable bonds is 10. The quantitative estimate of drug-likeness (QED) is 0.113. The molecule has 0 bridgehead atoms. The van der Waals surface area contributed by atoms with Crippen LogP contribution in [0.4, 0.5) is 0 Å². The average Bonchev–Trinajstić information content (AvgIpc) is 3.29. The molecule has 220 valence electrons. The molecule has 5 rings (SSSR count). The lowest BCUT2D eigenvalue weighted by Gasteiger charge is -2.25. The summed E-state index contributed by atoms with van der Waals surface area (Å²) in [4.78, 5) is 66.6. The maximum Gasteiger partial charge on any atom is 0.343 e. The first-order valence-electron chi connectivity index (χ1n) is 14.0. The first kappa shape index (κ1) is 29.4. The molecule has 0 N–H and O–H groups in total. The van der Waals surface area contributed by atoms with Gasteiger partial charge in [-0.3, -0.25) is 19.3 Å². The summed E-state index contributed by atoms with van der Waals surface area (Å²) in [6.45, 7) is 1.30. The molecule has 9 heteroatoms. The number of fused-ring (bicyclic) bond motifs is 1. The number of allylic oxidation sites excluding steroid dienone is 2. The molecule has 1 fully saturated rings. The number of likely N-dealkylation sites (tertiary alicyclic amines) is 1. The summed E-state index contributed by atoms with van der Waals surface area (Å²) >= 11 is 0. The van der Waals surface area contributed by atoms with Gasteiger partial charge in [0, 0.05) is 12.0 Å². The number of ketones is 1. The van der Waals surface area contributed by atoms with Crippen LogP contribution in [-0.4, -0.2) is 54.2 Å². The Morgan fingerprint density at radius 1 is 0.884 bits per heavy atom. The summed E-state index contributed by atoms with van der Waals surface area (Å²) in [5, 5.41) is 0. The summed E-state index contributed by atoms with van der Waals surface area (Å²) in [6, 6.07) is 20.2. The zero-order chi connectivity index (χ0) is 30.5. The molecule has 0 radical (unpaired) electrons. The molecule has 0 aromatic heterocycles. The van der Waals surface area contributed by atoms with Crippen LogP contribution in [0.1, 0.15) is 39.6 Å². The van der Waals surface area contributed by atoms with E-state index in [0.29, 0.717) is 17.7 Å².